The van der Waals surface area contributed by atoms with Gasteiger partial charge in [-0.15, -0.1) is 11.3 Å². The quantitative estimate of drug-likeness (QED) is 0.868. The fourth-order valence-corrected chi connectivity index (χ4v) is 2.85. The average molecular weight is 341 g/mol. The van der Waals surface area contributed by atoms with Gasteiger partial charge in [-0.3, -0.25) is 9.59 Å². The molecule has 3 heterocycles. The van der Waals surface area contributed by atoms with Crippen molar-refractivity contribution in [1.82, 2.24) is 9.78 Å². The van der Waals surface area contributed by atoms with Crippen LogP contribution in [-0.2, 0) is 16.0 Å². The van der Waals surface area contributed by atoms with E-state index in [9.17, 15) is 9.59 Å². The molecule has 0 radical (unpaired) electrons. The summed E-state index contributed by atoms with van der Waals surface area (Å²) < 4.78 is 1.36. The molecular formula is C16H15N5O2S. The maximum absolute atomic E-state index is 12.2. The van der Waals surface area contributed by atoms with Crippen LogP contribution in [0.2, 0.25) is 0 Å². The smallest absolute Gasteiger partial charge is 0.281 e. The van der Waals surface area contributed by atoms with Crippen molar-refractivity contribution >= 4 is 40.6 Å². The minimum absolute atomic E-state index is 0.115. The maximum atomic E-state index is 12.2. The van der Waals surface area contributed by atoms with Crippen molar-refractivity contribution < 1.29 is 9.59 Å². The molecule has 7 nitrogen and oxygen atoms in total. The number of aryl methyl sites for hydroxylation is 1. The van der Waals surface area contributed by atoms with Gasteiger partial charge in [-0.1, -0.05) is 12.6 Å². The molecule has 2 amide bonds. The Balaban J connectivity index is 1.86. The highest BCUT2D eigenvalue weighted by Crippen LogP contribution is 2.16. The number of aliphatic imine (C=N–C) groups is 2. The molecular weight excluding hydrogens is 326 g/mol. The number of carbonyl (C=O) groups excluding carboxylic acids is 2. The molecule has 0 fully saturated rings. The second-order valence-corrected chi connectivity index (χ2v) is 6.31. The Labute approximate surface area is 142 Å². The molecule has 0 saturated heterocycles. The Morgan fingerprint density at radius 3 is 2.83 bits per heavy atom. The van der Waals surface area contributed by atoms with Crippen molar-refractivity contribution in [3.8, 4) is 0 Å². The molecule has 0 atom stereocenters. The van der Waals surface area contributed by atoms with Crippen LogP contribution in [0.15, 0.2) is 45.7 Å². The van der Waals surface area contributed by atoms with Gasteiger partial charge in [-0.05, 0) is 25.3 Å². The van der Waals surface area contributed by atoms with Crippen LogP contribution in [0.3, 0.4) is 0 Å². The van der Waals surface area contributed by atoms with Gasteiger partial charge in [0.2, 0.25) is 5.91 Å². The lowest BCUT2D eigenvalue weighted by molar-refractivity contribution is -0.115. The Morgan fingerprint density at radius 1 is 1.38 bits per heavy atom. The highest BCUT2D eigenvalue weighted by atomic mass is 32.1. The van der Waals surface area contributed by atoms with Crippen molar-refractivity contribution in [1.29, 1.82) is 0 Å². The van der Waals surface area contributed by atoms with Crippen LogP contribution in [-0.4, -0.2) is 33.3 Å². The molecule has 0 aliphatic carbocycles. The van der Waals surface area contributed by atoms with E-state index in [0.717, 1.165) is 4.88 Å². The minimum atomic E-state index is -0.457. The SMILES string of the molecule is C=C1C(=O)N=C(n2nc(C)cc2NC(=O)Cc2cccs2)N=C1C. The van der Waals surface area contributed by atoms with E-state index in [0.29, 0.717) is 17.2 Å². The number of anilines is 1. The number of nitrogens with one attached hydrogen (secondary N) is 1. The van der Waals surface area contributed by atoms with E-state index < -0.39 is 5.91 Å². The number of rotatable bonds is 3. The molecule has 24 heavy (non-hydrogen) atoms. The van der Waals surface area contributed by atoms with Gasteiger partial charge in [0.1, 0.15) is 5.82 Å². The van der Waals surface area contributed by atoms with Gasteiger partial charge in [0, 0.05) is 10.9 Å². The average Bonchev–Trinajstić information content (AvgIpc) is 3.14. The van der Waals surface area contributed by atoms with E-state index >= 15 is 0 Å². The third kappa shape index (κ3) is 3.23. The van der Waals surface area contributed by atoms with Crippen molar-refractivity contribution in [3.05, 3.63) is 46.3 Å². The number of thiophene rings is 1. The third-order valence-corrected chi connectivity index (χ3v) is 4.24. The Morgan fingerprint density at radius 2 is 2.17 bits per heavy atom. The monoisotopic (exact) mass is 341 g/mol. The largest absolute Gasteiger partial charge is 0.310 e. The Bertz CT molecular complexity index is 890. The van der Waals surface area contributed by atoms with E-state index in [4.69, 9.17) is 0 Å². The highest BCUT2D eigenvalue weighted by molar-refractivity contribution is 7.10. The number of hydrogen-bond donors (Lipinski definition) is 1. The second-order valence-electron chi connectivity index (χ2n) is 5.28. The summed E-state index contributed by atoms with van der Waals surface area (Å²) in [5, 5.41) is 8.98. The topological polar surface area (TPSA) is 88.7 Å². The zero-order valence-corrected chi connectivity index (χ0v) is 14.1. The van der Waals surface area contributed by atoms with Crippen LogP contribution in [0.1, 0.15) is 17.5 Å². The van der Waals surface area contributed by atoms with Crippen LogP contribution < -0.4 is 5.32 Å². The van der Waals surface area contributed by atoms with E-state index in [1.165, 1.54) is 16.0 Å². The molecule has 8 heteroatoms. The van der Waals surface area contributed by atoms with Crippen LogP contribution in [0.25, 0.3) is 0 Å². The van der Waals surface area contributed by atoms with Crippen LogP contribution in [0, 0.1) is 6.92 Å². The first kappa shape index (κ1) is 16.0. The summed E-state index contributed by atoms with van der Waals surface area (Å²) >= 11 is 1.52. The first-order chi connectivity index (χ1) is 11.4. The number of carbonyl (C=O) groups is 2. The van der Waals surface area contributed by atoms with Crippen molar-refractivity contribution in [3.63, 3.8) is 0 Å². The predicted molar refractivity (Wildman–Crippen MR) is 93.7 cm³/mol. The van der Waals surface area contributed by atoms with Crippen molar-refractivity contribution in [2.75, 3.05) is 5.32 Å². The summed E-state index contributed by atoms with van der Waals surface area (Å²) in [6.07, 6.45) is 0.270. The second kappa shape index (κ2) is 6.32. The normalized spacial score (nSPS) is 14.4. The van der Waals surface area contributed by atoms with Gasteiger partial charge in [0.05, 0.1) is 23.4 Å². The molecule has 1 N–H and O–H groups in total. The molecule has 2 aromatic rings. The van der Waals surface area contributed by atoms with Crippen LogP contribution in [0.4, 0.5) is 5.82 Å². The van der Waals surface area contributed by atoms with Gasteiger partial charge < -0.3 is 5.32 Å². The summed E-state index contributed by atoms with van der Waals surface area (Å²) in [6.45, 7) is 7.10. The molecule has 1 aliphatic rings. The molecule has 1 aliphatic heterocycles. The summed E-state index contributed by atoms with van der Waals surface area (Å²) in [6, 6.07) is 5.50. The van der Waals surface area contributed by atoms with E-state index in [1.54, 1.807) is 19.9 Å². The van der Waals surface area contributed by atoms with Crippen molar-refractivity contribution in [2.45, 2.75) is 20.3 Å². The molecule has 0 spiro atoms. The standard InChI is InChI=1S/C16H15N5O2S/c1-9-7-13(18-14(22)8-12-5-4-6-24-12)21(20-9)16-17-11(3)10(2)15(23)19-16/h4-7H,2,8H2,1,3H3,(H,18,22). The van der Waals surface area contributed by atoms with Crippen LogP contribution >= 0.6 is 11.3 Å². The van der Waals surface area contributed by atoms with Gasteiger partial charge in [0.25, 0.3) is 11.9 Å². The zero-order valence-electron chi connectivity index (χ0n) is 13.2. The summed E-state index contributed by atoms with van der Waals surface area (Å²) in [5.41, 5.74) is 1.41. The summed E-state index contributed by atoms with van der Waals surface area (Å²) in [7, 11) is 0. The van der Waals surface area contributed by atoms with E-state index in [1.807, 2.05) is 17.5 Å². The van der Waals surface area contributed by atoms with E-state index in [2.05, 4.69) is 27.0 Å². The Kier molecular flexibility index (Phi) is 4.22. The zero-order chi connectivity index (χ0) is 17.3. The first-order valence-corrected chi connectivity index (χ1v) is 8.09. The molecule has 2 aromatic heterocycles. The van der Waals surface area contributed by atoms with Gasteiger partial charge in [0.15, 0.2) is 0 Å². The van der Waals surface area contributed by atoms with Gasteiger partial charge in [-0.2, -0.15) is 14.8 Å². The molecule has 0 bridgehead atoms. The molecule has 0 aromatic carbocycles. The van der Waals surface area contributed by atoms with Crippen molar-refractivity contribution in [2.24, 2.45) is 9.98 Å². The van der Waals surface area contributed by atoms with E-state index in [-0.39, 0.29) is 23.9 Å². The Hall–Kier alpha value is -2.87. The molecule has 122 valence electrons. The molecule has 3 rings (SSSR count). The maximum Gasteiger partial charge on any atom is 0.281 e. The lowest BCUT2D eigenvalue weighted by Gasteiger charge is -2.12. The molecule has 0 saturated carbocycles. The summed E-state index contributed by atoms with van der Waals surface area (Å²) in [5.74, 6) is -0.0953. The lowest BCUT2D eigenvalue weighted by Crippen LogP contribution is -2.25. The van der Waals surface area contributed by atoms with Crippen LogP contribution in [0.5, 0.6) is 0 Å². The lowest BCUT2D eigenvalue weighted by atomic mass is 10.2. The first-order valence-electron chi connectivity index (χ1n) is 7.21. The fraction of sp³-hybridized carbons (Fsp3) is 0.188. The predicted octanol–water partition coefficient (Wildman–Crippen LogP) is 2.20. The highest BCUT2D eigenvalue weighted by Gasteiger charge is 2.21. The molecule has 0 unspecified atom stereocenters. The fourth-order valence-electron chi connectivity index (χ4n) is 2.15. The van der Waals surface area contributed by atoms with Gasteiger partial charge in [-0.25, -0.2) is 4.99 Å². The third-order valence-electron chi connectivity index (χ3n) is 3.37. The number of amides is 2. The number of aromatic nitrogens is 2. The summed E-state index contributed by atoms with van der Waals surface area (Å²) in [4.78, 5) is 33.1. The number of hydrogen-bond acceptors (Lipinski definition) is 5. The minimum Gasteiger partial charge on any atom is -0.310 e. The van der Waals surface area contributed by atoms with Gasteiger partial charge >= 0.3 is 0 Å². The number of nitrogens with zero attached hydrogens (tertiary/aromatic N) is 4.